The lowest BCUT2D eigenvalue weighted by molar-refractivity contribution is 0.983. The van der Waals surface area contributed by atoms with Crippen molar-refractivity contribution in [3.05, 3.63) is 12.7 Å². The molecule has 0 amide bonds. The van der Waals surface area contributed by atoms with Gasteiger partial charge in [-0.1, -0.05) is 6.08 Å². The van der Waals surface area contributed by atoms with Gasteiger partial charge in [-0.2, -0.15) is 0 Å². The van der Waals surface area contributed by atoms with Gasteiger partial charge in [-0.05, 0) is 19.6 Å². The van der Waals surface area contributed by atoms with Crippen molar-refractivity contribution in [2.75, 3.05) is 0 Å². The fourth-order valence-electron chi connectivity index (χ4n) is 0.816. The Morgan fingerprint density at radius 3 is 2.88 bits per heavy atom. The van der Waals surface area contributed by atoms with Gasteiger partial charge in [-0.3, -0.25) is 4.99 Å². The van der Waals surface area contributed by atoms with Crippen molar-refractivity contribution < 1.29 is 0 Å². The van der Waals surface area contributed by atoms with E-state index in [9.17, 15) is 0 Å². The van der Waals surface area contributed by atoms with E-state index in [1.165, 1.54) is 6.42 Å². The van der Waals surface area contributed by atoms with Crippen molar-refractivity contribution in [2.45, 2.75) is 19.4 Å². The lowest BCUT2D eigenvalue weighted by atomic mass is 10.4. The second-order valence-electron chi connectivity index (χ2n) is 2.11. The van der Waals surface area contributed by atoms with Crippen LogP contribution in [0.25, 0.3) is 0 Å². The Balaban J connectivity index is 2.26. The van der Waals surface area contributed by atoms with Gasteiger partial charge in [0.1, 0.15) is 0 Å². The van der Waals surface area contributed by atoms with Gasteiger partial charge in [-0.25, -0.2) is 0 Å². The smallest absolute Gasteiger partial charge is 0.0565 e. The zero-order chi connectivity index (χ0) is 5.98. The molecule has 0 saturated heterocycles. The lowest BCUT2D eigenvalue weighted by Crippen LogP contribution is -1.77. The van der Waals surface area contributed by atoms with E-state index in [1.807, 2.05) is 19.2 Å². The van der Waals surface area contributed by atoms with E-state index in [0.717, 1.165) is 0 Å². The Morgan fingerprint density at radius 2 is 2.50 bits per heavy atom. The molecule has 1 heteroatoms. The average Bonchev–Trinajstić information content (AvgIpc) is 2.48. The van der Waals surface area contributed by atoms with Crippen molar-refractivity contribution in [2.24, 2.45) is 10.9 Å². The van der Waals surface area contributed by atoms with Crippen LogP contribution in [0, 0.1) is 5.92 Å². The molecule has 0 aromatic carbocycles. The molecule has 1 saturated carbocycles. The Hall–Kier alpha value is -0.590. The normalized spacial score (nSPS) is 35.6. The summed E-state index contributed by atoms with van der Waals surface area (Å²) in [6, 6.07) is 0.581. The van der Waals surface area contributed by atoms with Gasteiger partial charge in [0.15, 0.2) is 0 Å². The van der Waals surface area contributed by atoms with E-state index in [2.05, 4.69) is 11.6 Å². The van der Waals surface area contributed by atoms with Crippen LogP contribution in [-0.2, 0) is 0 Å². The molecule has 1 fully saturated rings. The first-order chi connectivity index (χ1) is 3.88. The minimum absolute atomic E-state index is 0.581. The van der Waals surface area contributed by atoms with Gasteiger partial charge in [-0.15, -0.1) is 6.58 Å². The highest BCUT2D eigenvalue weighted by atomic mass is 14.8. The van der Waals surface area contributed by atoms with Gasteiger partial charge in [0, 0.05) is 5.92 Å². The molecule has 1 aliphatic carbocycles. The molecule has 0 N–H and O–H groups in total. The van der Waals surface area contributed by atoms with Crippen LogP contribution in [0.2, 0.25) is 0 Å². The zero-order valence-electron chi connectivity index (χ0n) is 5.17. The Bertz CT molecular complexity index is 116. The summed E-state index contributed by atoms with van der Waals surface area (Å²) in [5.74, 6) is 0.686. The fraction of sp³-hybridized carbons (Fsp3) is 0.571. The highest BCUT2D eigenvalue weighted by Gasteiger charge is 2.32. The van der Waals surface area contributed by atoms with Crippen LogP contribution in [0.15, 0.2) is 17.6 Å². The monoisotopic (exact) mass is 109 g/mol. The molecule has 8 heavy (non-hydrogen) atoms. The maximum atomic E-state index is 4.19. The van der Waals surface area contributed by atoms with Crippen molar-refractivity contribution in [3.63, 3.8) is 0 Å². The number of hydrogen-bond acceptors (Lipinski definition) is 1. The molecule has 0 spiro atoms. The van der Waals surface area contributed by atoms with Crippen molar-refractivity contribution >= 4 is 6.21 Å². The molecule has 0 aromatic rings. The molecular weight excluding hydrogens is 98.1 g/mol. The third kappa shape index (κ3) is 0.971. The fourth-order valence-corrected chi connectivity index (χ4v) is 0.816. The molecule has 0 aromatic heterocycles. The predicted octanol–water partition coefficient (Wildman–Crippen LogP) is 1.65. The third-order valence-corrected chi connectivity index (χ3v) is 1.45. The molecular formula is C7H11N. The first-order valence-electron chi connectivity index (χ1n) is 2.99. The topological polar surface area (TPSA) is 12.4 Å². The molecule has 1 nitrogen and oxygen atoms in total. The van der Waals surface area contributed by atoms with Crippen molar-refractivity contribution in [1.29, 1.82) is 0 Å². The molecule has 0 heterocycles. The van der Waals surface area contributed by atoms with Crippen LogP contribution in [0.3, 0.4) is 0 Å². The highest BCUT2D eigenvalue weighted by Crippen LogP contribution is 2.33. The molecule has 1 rings (SSSR count). The summed E-state index contributed by atoms with van der Waals surface area (Å²) in [5, 5.41) is 0. The SMILES string of the molecule is C=C[C@@H]1CC1N=CC. The van der Waals surface area contributed by atoms with Crippen LogP contribution in [0.5, 0.6) is 0 Å². The number of hydrogen-bond donors (Lipinski definition) is 0. The van der Waals surface area contributed by atoms with E-state index >= 15 is 0 Å². The number of rotatable bonds is 2. The van der Waals surface area contributed by atoms with Crippen LogP contribution >= 0.6 is 0 Å². The number of aliphatic imine (C=N–C) groups is 1. The molecule has 1 unspecified atom stereocenters. The maximum Gasteiger partial charge on any atom is 0.0565 e. The second-order valence-corrected chi connectivity index (χ2v) is 2.11. The average molecular weight is 109 g/mol. The number of nitrogens with zero attached hydrogens (tertiary/aromatic N) is 1. The van der Waals surface area contributed by atoms with Gasteiger partial charge in [0.25, 0.3) is 0 Å². The minimum Gasteiger partial charge on any atom is -0.294 e. The van der Waals surface area contributed by atoms with Gasteiger partial charge < -0.3 is 0 Å². The summed E-state index contributed by atoms with van der Waals surface area (Å²) in [7, 11) is 0. The summed E-state index contributed by atoms with van der Waals surface area (Å²) in [6.07, 6.45) is 5.07. The summed E-state index contributed by atoms with van der Waals surface area (Å²) in [6.45, 7) is 5.64. The zero-order valence-corrected chi connectivity index (χ0v) is 5.17. The first-order valence-corrected chi connectivity index (χ1v) is 2.99. The minimum atomic E-state index is 0.581. The van der Waals surface area contributed by atoms with Crippen LogP contribution < -0.4 is 0 Å². The van der Waals surface area contributed by atoms with E-state index < -0.39 is 0 Å². The van der Waals surface area contributed by atoms with E-state index in [0.29, 0.717) is 12.0 Å². The molecule has 44 valence electrons. The van der Waals surface area contributed by atoms with Crippen LogP contribution in [0.4, 0.5) is 0 Å². The van der Waals surface area contributed by atoms with Gasteiger partial charge in [0.05, 0.1) is 6.04 Å². The van der Waals surface area contributed by atoms with E-state index in [1.54, 1.807) is 0 Å². The summed E-state index contributed by atoms with van der Waals surface area (Å²) >= 11 is 0. The second kappa shape index (κ2) is 2.12. The van der Waals surface area contributed by atoms with Gasteiger partial charge in [0.2, 0.25) is 0 Å². The summed E-state index contributed by atoms with van der Waals surface area (Å²) in [4.78, 5) is 4.19. The predicted molar refractivity (Wildman–Crippen MR) is 36.3 cm³/mol. The van der Waals surface area contributed by atoms with Crippen LogP contribution in [-0.4, -0.2) is 12.3 Å². The van der Waals surface area contributed by atoms with Crippen molar-refractivity contribution in [1.82, 2.24) is 0 Å². The van der Waals surface area contributed by atoms with Crippen molar-refractivity contribution in [3.8, 4) is 0 Å². The van der Waals surface area contributed by atoms with Gasteiger partial charge >= 0.3 is 0 Å². The standard InChI is InChI=1S/C7H11N/c1-3-6-5-7(6)8-4-2/h3-4,6-7H,1,5H2,2H3/t6-,7?/m1/s1. The summed E-state index contributed by atoms with van der Waals surface area (Å²) in [5.41, 5.74) is 0. The highest BCUT2D eigenvalue weighted by molar-refractivity contribution is 5.54. The Morgan fingerprint density at radius 1 is 1.75 bits per heavy atom. The first kappa shape index (κ1) is 5.54. The van der Waals surface area contributed by atoms with E-state index in [-0.39, 0.29) is 0 Å². The Kier molecular flexibility index (Phi) is 1.47. The molecule has 0 radical (unpaired) electrons. The largest absolute Gasteiger partial charge is 0.294 e. The molecule has 0 aliphatic heterocycles. The molecule has 1 aliphatic rings. The third-order valence-electron chi connectivity index (χ3n) is 1.45. The van der Waals surface area contributed by atoms with E-state index in [4.69, 9.17) is 0 Å². The quantitative estimate of drug-likeness (QED) is 0.377. The Labute approximate surface area is 50.1 Å². The molecule has 0 bridgehead atoms. The summed E-state index contributed by atoms with van der Waals surface area (Å²) < 4.78 is 0. The molecule has 2 atom stereocenters. The lowest BCUT2D eigenvalue weighted by Gasteiger charge is -1.79. The maximum absolute atomic E-state index is 4.19. The van der Waals surface area contributed by atoms with Crippen LogP contribution in [0.1, 0.15) is 13.3 Å².